The molecular weight excluding hydrogens is 1010 g/mol. The number of para-hydroxylation sites is 4. The number of nitrogens with zero attached hydrogens (tertiary/aromatic N) is 2. The Bertz CT molecular complexity index is 2790. The normalized spacial score (nSPS) is 15.3. The molecule has 0 atom stereocenters. The summed E-state index contributed by atoms with van der Waals surface area (Å²) in [4.78, 5) is 0. The molecule has 2 aliphatic rings. The molecule has 380 valence electrons. The van der Waals surface area contributed by atoms with Crippen molar-refractivity contribution >= 4 is 61.1 Å². The summed E-state index contributed by atoms with van der Waals surface area (Å²) in [6, 6.07) is 68.1. The summed E-state index contributed by atoms with van der Waals surface area (Å²) in [5, 5.41) is 0. The minimum atomic E-state index is -10.7. The number of hydrogen-bond donors (Lipinski definition) is 0. The molecular formula is C52H44F12N2O4P2. The van der Waals surface area contributed by atoms with Crippen LogP contribution in [0.4, 0.5) is 95.9 Å². The van der Waals surface area contributed by atoms with E-state index in [0.717, 1.165) is 45.7 Å². The monoisotopic (exact) mass is 1050 g/mol. The van der Waals surface area contributed by atoms with Crippen molar-refractivity contribution in [3.05, 3.63) is 194 Å². The Morgan fingerprint density at radius 1 is 0.250 bits per heavy atom. The van der Waals surface area contributed by atoms with Crippen molar-refractivity contribution in [3.8, 4) is 45.3 Å². The topological polar surface area (TPSA) is 36.9 Å². The van der Waals surface area contributed by atoms with Gasteiger partial charge < -0.3 is 18.9 Å². The molecule has 6 nitrogen and oxygen atoms in total. The maximum atomic E-state index is 9.87. The molecule has 0 N–H and O–H groups in total. The zero-order valence-electron chi connectivity index (χ0n) is 38.4. The van der Waals surface area contributed by atoms with Gasteiger partial charge in [-0.3, -0.25) is 0 Å². The third-order valence-electron chi connectivity index (χ3n) is 11.5. The summed E-state index contributed by atoms with van der Waals surface area (Å²) >= 11 is 0. The second kappa shape index (κ2) is 17.9. The third kappa shape index (κ3) is 12.1. The average molecular weight is 1050 g/mol. The Morgan fingerprint density at radius 3 is 0.556 bits per heavy atom. The molecule has 0 spiro atoms. The molecule has 8 aromatic carbocycles. The SMILES string of the molecule is COc1ccc([N+]2(c3ccc(OC)cc3)c3ccccc3-c3ccccc32)cc1.COc1ccc([N+]2(c3ccc(OC)cc3)c3ccccc3-c3ccccc32)cc1.F[P-](F)(F)(F)(F)F.F[P-](F)(F)(F)(F)F. The zero-order valence-corrected chi connectivity index (χ0v) is 40.2. The Morgan fingerprint density at radius 2 is 0.403 bits per heavy atom. The second-order valence-electron chi connectivity index (χ2n) is 16.1. The Balaban J connectivity index is 0.000000168. The quantitative estimate of drug-likeness (QED) is 0.0863. The van der Waals surface area contributed by atoms with E-state index in [1.165, 1.54) is 45.0 Å². The van der Waals surface area contributed by atoms with Crippen LogP contribution in [-0.2, 0) is 0 Å². The van der Waals surface area contributed by atoms with Crippen LogP contribution in [0.25, 0.3) is 22.3 Å². The van der Waals surface area contributed by atoms with Crippen LogP contribution in [0.1, 0.15) is 0 Å². The van der Waals surface area contributed by atoms with E-state index in [2.05, 4.69) is 146 Å². The van der Waals surface area contributed by atoms with Crippen molar-refractivity contribution in [2.75, 3.05) is 28.4 Å². The molecule has 0 amide bonds. The van der Waals surface area contributed by atoms with Crippen molar-refractivity contribution in [2.24, 2.45) is 0 Å². The minimum absolute atomic E-state index is 0.528. The number of benzene rings is 8. The van der Waals surface area contributed by atoms with Gasteiger partial charge in [-0.05, 0) is 72.8 Å². The van der Waals surface area contributed by atoms with Gasteiger partial charge in [0.05, 0.1) is 50.7 Å². The molecule has 0 unspecified atom stereocenters. The van der Waals surface area contributed by atoms with E-state index >= 15 is 0 Å². The Labute approximate surface area is 406 Å². The molecule has 20 heteroatoms. The number of ether oxygens (including phenoxy) is 4. The molecule has 8 aromatic rings. The van der Waals surface area contributed by atoms with Crippen LogP contribution in [-0.4, -0.2) is 28.4 Å². The fourth-order valence-corrected chi connectivity index (χ4v) is 8.87. The summed E-state index contributed by atoms with van der Waals surface area (Å²) in [5.74, 6) is 3.40. The van der Waals surface area contributed by atoms with E-state index in [1.807, 2.05) is 48.5 Å². The first kappa shape index (κ1) is 52.7. The molecule has 0 bridgehead atoms. The van der Waals surface area contributed by atoms with Gasteiger partial charge in [0, 0.05) is 72.8 Å². The van der Waals surface area contributed by atoms with E-state index in [9.17, 15) is 50.4 Å². The molecule has 10 rings (SSSR count). The predicted octanol–water partition coefficient (Wildman–Crippen LogP) is 20.7. The first-order chi connectivity index (χ1) is 33.5. The summed E-state index contributed by atoms with van der Waals surface area (Å²) in [6.45, 7) is 0. The van der Waals surface area contributed by atoms with E-state index < -0.39 is 15.6 Å². The van der Waals surface area contributed by atoms with E-state index in [0.29, 0.717) is 8.97 Å². The van der Waals surface area contributed by atoms with E-state index in [4.69, 9.17) is 18.9 Å². The van der Waals surface area contributed by atoms with Gasteiger partial charge in [0.1, 0.15) is 45.7 Å². The van der Waals surface area contributed by atoms with Crippen LogP contribution >= 0.6 is 15.6 Å². The van der Waals surface area contributed by atoms with Crippen LogP contribution in [0.15, 0.2) is 194 Å². The van der Waals surface area contributed by atoms with Crippen molar-refractivity contribution < 1.29 is 69.3 Å². The van der Waals surface area contributed by atoms with Crippen molar-refractivity contribution in [2.45, 2.75) is 0 Å². The van der Waals surface area contributed by atoms with Gasteiger partial charge in [0.15, 0.2) is 22.7 Å². The summed E-state index contributed by atoms with van der Waals surface area (Å²) < 4.78 is 141. The fourth-order valence-electron chi connectivity index (χ4n) is 8.87. The predicted molar refractivity (Wildman–Crippen MR) is 264 cm³/mol. The van der Waals surface area contributed by atoms with Gasteiger partial charge >= 0.3 is 66.0 Å². The summed E-state index contributed by atoms with van der Waals surface area (Å²) in [6.07, 6.45) is 0. The first-order valence-electron chi connectivity index (χ1n) is 21.4. The van der Waals surface area contributed by atoms with Gasteiger partial charge in [0.2, 0.25) is 0 Å². The zero-order chi connectivity index (χ0) is 52.5. The molecule has 0 saturated carbocycles. The van der Waals surface area contributed by atoms with Crippen molar-refractivity contribution in [3.63, 3.8) is 0 Å². The third-order valence-corrected chi connectivity index (χ3v) is 11.5. The van der Waals surface area contributed by atoms with Crippen LogP contribution < -0.4 is 27.9 Å². The van der Waals surface area contributed by atoms with Gasteiger partial charge in [-0.2, -0.15) is 8.97 Å². The Kier molecular flexibility index (Phi) is 13.1. The standard InChI is InChI=1S/2C26H22NO2.2F6P/c2*1-28-21-15-11-19(12-16-21)27(20-13-17-22(29-2)18-14-20)25-9-5-3-7-23(25)24-8-4-6-10-26(24)27;2*1-7(2,3,4,5)6/h2*3-18H,1-2H3;;/q2*+1;2*-1. The molecule has 0 aromatic heterocycles. The van der Waals surface area contributed by atoms with E-state index in [1.54, 1.807) is 28.4 Å². The average Bonchev–Trinajstić information content (AvgIpc) is 3.81. The van der Waals surface area contributed by atoms with Gasteiger partial charge in [0.25, 0.3) is 0 Å². The molecule has 0 aliphatic carbocycles. The van der Waals surface area contributed by atoms with Gasteiger partial charge in [-0.15, -0.1) is 0 Å². The van der Waals surface area contributed by atoms with Crippen molar-refractivity contribution in [1.29, 1.82) is 0 Å². The molecule has 2 aliphatic heterocycles. The molecule has 0 saturated heterocycles. The van der Waals surface area contributed by atoms with Crippen molar-refractivity contribution in [1.82, 2.24) is 8.97 Å². The number of hydrogen-bond acceptors (Lipinski definition) is 4. The summed E-state index contributed by atoms with van der Waals surface area (Å²) in [5.41, 5.74) is 14.6. The number of quaternary nitrogens is 2. The number of halogens is 12. The van der Waals surface area contributed by atoms with Crippen LogP contribution in [0.2, 0.25) is 0 Å². The number of methoxy groups -OCH3 is 4. The summed E-state index contributed by atoms with van der Waals surface area (Å²) in [7, 11) is -14.5. The second-order valence-corrected chi connectivity index (χ2v) is 20.0. The fraction of sp³-hybridized carbons (Fsp3) is 0.0769. The molecule has 0 radical (unpaired) electrons. The van der Waals surface area contributed by atoms with Crippen LogP contribution in [0.3, 0.4) is 0 Å². The molecule has 2 heterocycles. The van der Waals surface area contributed by atoms with Crippen LogP contribution in [0.5, 0.6) is 23.0 Å². The van der Waals surface area contributed by atoms with E-state index in [-0.39, 0.29) is 0 Å². The maximum absolute atomic E-state index is 10.7. The Hall–Kier alpha value is -7.10. The number of rotatable bonds is 8. The molecule has 0 fully saturated rings. The van der Waals surface area contributed by atoms with Gasteiger partial charge in [-0.1, -0.05) is 48.5 Å². The van der Waals surface area contributed by atoms with Crippen LogP contribution in [0, 0.1) is 0 Å². The molecule has 72 heavy (non-hydrogen) atoms. The number of fused-ring (bicyclic) bond motifs is 6. The van der Waals surface area contributed by atoms with Gasteiger partial charge in [-0.25, -0.2) is 0 Å². The first-order valence-corrected chi connectivity index (χ1v) is 25.4.